The van der Waals surface area contributed by atoms with E-state index in [1.54, 1.807) is 4.47 Å². The van der Waals surface area contributed by atoms with Crippen LogP contribution in [-0.2, 0) is 0 Å². The number of hydrogen-bond acceptors (Lipinski definition) is 0. The predicted octanol–water partition coefficient (Wildman–Crippen LogP) is 3.70. The molecule has 1 rings (SSSR count). The van der Waals surface area contributed by atoms with E-state index in [1.165, 1.54) is 30.2 Å². The van der Waals surface area contributed by atoms with Gasteiger partial charge < -0.3 is 0 Å². The Balaban J connectivity index is 2.52. The molecular formula is C9H15BrSe. The Kier molecular flexibility index (Phi) is 4.19. The van der Waals surface area contributed by atoms with Crippen LogP contribution < -0.4 is 0 Å². The molecule has 11 heavy (non-hydrogen) atoms. The number of allylic oxidation sites excluding steroid dienone is 2. The van der Waals surface area contributed by atoms with Crippen LogP contribution in [0.3, 0.4) is 0 Å². The second kappa shape index (κ2) is 4.69. The summed E-state index contributed by atoms with van der Waals surface area (Å²) in [4.78, 5) is 0.878. The van der Waals surface area contributed by atoms with Crippen molar-refractivity contribution >= 4 is 30.9 Å². The van der Waals surface area contributed by atoms with Gasteiger partial charge in [0.15, 0.2) is 0 Å². The summed E-state index contributed by atoms with van der Waals surface area (Å²) in [5.41, 5.74) is 0. The first-order chi connectivity index (χ1) is 5.20. The molecule has 0 aromatic carbocycles. The van der Waals surface area contributed by atoms with E-state index in [9.17, 15) is 0 Å². The van der Waals surface area contributed by atoms with Gasteiger partial charge in [-0.15, -0.1) is 0 Å². The van der Waals surface area contributed by atoms with Crippen LogP contribution in [0.2, 0.25) is 4.82 Å². The summed E-state index contributed by atoms with van der Waals surface area (Å²) in [6.07, 6.45) is 5.46. The minimum absolute atomic E-state index is 0.749. The molecule has 0 saturated carbocycles. The van der Waals surface area contributed by atoms with E-state index < -0.39 is 0 Å². The van der Waals surface area contributed by atoms with Crippen LogP contribution in [0, 0.1) is 0 Å². The molecule has 1 aliphatic carbocycles. The predicted molar refractivity (Wildman–Crippen MR) is 55.3 cm³/mol. The third-order valence-corrected chi connectivity index (χ3v) is 5.73. The molecule has 1 aliphatic rings. The molecule has 0 N–H and O–H groups in total. The molecule has 0 amide bonds. The molecule has 0 spiro atoms. The Labute approximate surface area is 84.1 Å². The normalized spacial score (nSPS) is 19.6. The topological polar surface area (TPSA) is 0 Å². The van der Waals surface area contributed by atoms with Crippen molar-refractivity contribution in [3.05, 3.63) is 8.95 Å². The molecule has 0 bridgehead atoms. The minimum atomic E-state index is 0.749. The molecule has 64 valence electrons. The molecule has 0 heterocycles. The Morgan fingerprint density at radius 1 is 1.27 bits per heavy atom. The maximum atomic E-state index is 3.68. The van der Waals surface area contributed by atoms with Crippen molar-refractivity contribution in [3.8, 4) is 0 Å². The Hall–Kier alpha value is 0.739. The summed E-state index contributed by atoms with van der Waals surface area (Å²) in [6, 6.07) is 0. The van der Waals surface area contributed by atoms with Crippen molar-refractivity contribution < 1.29 is 0 Å². The number of hydrogen-bond donors (Lipinski definition) is 0. The van der Waals surface area contributed by atoms with Gasteiger partial charge in [0.05, 0.1) is 0 Å². The van der Waals surface area contributed by atoms with Crippen LogP contribution in [0.15, 0.2) is 8.95 Å². The molecule has 0 aromatic heterocycles. The zero-order chi connectivity index (χ0) is 8.27. The van der Waals surface area contributed by atoms with Crippen molar-refractivity contribution in [3.63, 3.8) is 0 Å². The van der Waals surface area contributed by atoms with Crippen molar-refractivity contribution in [2.75, 3.05) is 0 Å². The van der Waals surface area contributed by atoms with Gasteiger partial charge in [-0.05, 0) is 0 Å². The standard InChI is InChI=1S/C9H15BrSe/c1-7(2)11-9-6-4-3-5-8(9)10/h7H,3-6H2,1-2H3. The Bertz CT molecular complexity index is 161. The molecule has 0 unspecified atom stereocenters. The second-order valence-electron chi connectivity index (χ2n) is 3.20. The Morgan fingerprint density at radius 2 is 1.91 bits per heavy atom. The van der Waals surface area contributed by atoms with Crippen molar-refractivity contribution in [1.82, 2.24) is 0 Å². The molecule has 2 heteroatoms. The fraction of sp³-hybridized carbons (Fsp3) is 0.778. The van der Waals surface area contributed by atoms with Gasteiger partial charge in [-0.25, -0.2) is 0 Å². The number of halogens is 1. The van der Waals surface area contributed by atoms with Crippen molar-refractivity contribution in [2.24, 2.45) is 0 Å². The second-order valence-corrected chi connectivity index (χ2v) is 7.67. The first-order valence-corrected chi connectivity index (χ1v) is 6.88. The van der Waals surface area contributed by atoms with Gasteiger partial charge in [-0.1, -0.05) is 0 Å². The van der Waals surface area contributed by atoms with Crippen LogP contribution in [0.5, 0.6) is 0 Å². The van der Waals surface area contributed by atoms with Gasteiger partial charge in [0, 0.05) is 0 Å². The quantitative estimate of drug-likeness (QED) is 0.677. The van der Waals surface area contributed by atoms with Gasteiger partial charge in [0.2, 0.25) is 0 Å². The summed E-state index contributed by atoms with van der Waals surface area (Å²) in [6.45, 7) is 4.64. The zero-order valence-electron chi connectivity index (χ0n) is 7.19. The molecule has 0 nitrogen and oxygen atoms in total. The average molecular weight is 282 g/mol. The summed E-state index contributed by atoms with van der Waals surface area (Å²) in [7, 11) is 0. The Morgan fingerprint density at radius 3 is 2.45 bits per heavy atom. The first kappa shape index (κ1) is 9.82. The van der Waals surface area contributed by atoms with E-state index in [1.807, 2.05) is 0 Å². The third-order valence-electron chi connectivity index (χ3n) is 1.73. The monoisotopic (exact) mass is 282 g/mol. The van der Waals surface area contributed by atoms with E-state index >= 15 is 0 Å². The first-order valence-electron chi connectivity index (χ1n) is 4.24. The molecule has 0 saturated heterocycles. The molecule has 0 radical (unpaired) electrons. The van der Waals surface area contributed by atoms with Gasteiger partial charge in [-0.2, -0.15) is 0 Å². The SMILES string of the molecule is CC(C)[Se]C1=C(Br)CCCC1. The van der Waals surface area contributed by atoms with Crippen LogP contribution in [0.1, 0.15) is 39.5 Å². The fourth-order valence-electron chi connectivity index (χ4n) is 1.25. The molecular weight excluding hydrogens is 267 g/mol. The maximum absolute atomic E-state index is 3.68. The fourth-order valence-corrected chi connectivity index (χ4v) is 4.44. The summed E-state index contributed by atoms with van der Waals surface area (Å²) in [5.74, 6) is 0. The van der Waals surface area contributed by atoms with E-state index in [2.05, 4.69) is 29.8 Å². The van der Waals surface area contributed by atoms with Crippen molar-refractivity contribution in [1.29, 1.82) is 0 Å². The van der Waals surface area contributed by atoms with Crippen LogP contribution in [0.4, 0.5) is 0 Å². The van der Waals surface area contributed by atoms with Gasteiger partial charge in [0.1, 0.15) is 0 Å². The van der Waals surface area contributed by atoms with Crippen LogP contribution >= 0.6 is 15.9 Å². The zero-order valence-corrected chi connectivity index (χ0v) is 10.5. The molecule has 0 fully saturated rings. The third kappa shape index (κ3) is 3.31. The molecule has 0 atom stereocenters. The van der Waals surface area contributed by atoms with Gasteiger partial charge in [0.25, 0.3) is 0 Å². The van der Waals surface area contributed by atoms with Crippen LogP contribution in [0.25, 0.3) is 0 Å². The van der Waals surface area contributed by atoms with Crippen LogP contribution in [-0.4, -0.2) is 15.0 Å². The van der Waals surface area contributed by atoms with E-state index in [4.69, 9.17) is 0 Å². The van der Waals surface area contributed by atoms with E-state index in [0.29, 0.717) is 0 Å². The summed E-state index contributed by atoms with van der Waals surface area (Å²) in [5, 5.41) is 0. The van der Waals surface area contributed by atoms with Crippen molar-refractivity contribution in [2.45, 2.75) is 44.3 Å². The molecule has 0 aliphatic heterocycles. The van der Waals surface area contributed by atoms with Gasteiger partial charge >= 0.3 is 84.2 Å². The summed E-state index contributed by atoms with van der Waals surface area (Å²) < 4.78 is 3.26. The van der Waals surface area contributed by atoms with E-state index in [-0.39, 0.29) is 0 Å². The van der Waals surface area contributed by atoms with E-state index in [0.717, 1.165) is 19.8 Å². The average Bonchev–Trinajstić information content (AvgIpc) is 1.93. The summed E-state index contributed by atoms with van der Waals surface area (Å²) >= 11 is 4.43. The van der Waals surface area contributed by atoms with Gasteiger partial charge in [-0.3, -0.25) is 0 Å². The molecule has 0 aromatic rings. The number of rotatable bonds is 2.